The van der Waals surface area contributed by atoms with Gasteiger partial charge in [0.1, 0.15) is 9.71 Å². The van der Waals surface area contributed by atoms with Crippen molar-refractivity contribution in [3.8, 4) is 11.3 Å². The van der Waals surface area contributed by atoms with E-state index in [4.69, 9.17) is 39.4 Å². The molecule has 3 heterocycles. The second-order valence-corrected chi connectivity index (χ2v) is 7.93. The lowest BCUT2D eigenvalue weighted by molar-refractivity contribution is 0.100. The largest absolute Gasteiger partial charge is 0.397 e. The molecular formula is C17H15Cl2N5O2S. The fraction of sp³-hybridized carbons (Fsp3) is 0.235. The van der Waals surface area contributed by atoms with Crippen molar-refractivity contribution in [2.24, 2.45) is 5.73 Å². The van der Waals surface area contributed by atoms with Crippen molar-refractivity contribution in [1.29, 1.82) is 0 Å². The fourth-order valence-electron chi connectivity index (χ4n) is 2.95. The smallest absolute Gasteiger partial charge is 0.260 e. The molecule has 1 aliphatic rings. The third-order valence-corrected chi connectivity index (χ3v) is 6.12. The Labute approximate surface area is 168 Å². The van der Waals surface area contributed by atoms with E-state index in [1.54, 1.807) is 18.2 Å². The first-order valence-corrected chi connectivity index (χ1v) is 9.71. The number of thiophene rings is 1. The van der Waals surface area contributed by atoms with Crippen molar-refractivity contribution in [3.63, 3.8) is 0 Å². The van der Waals surface area contributed by atoms with Crippen molar-refractivity contribution >= 4 is 62.3 Å². The van der Waals surface area contributed by atoms with E-state index in [1.807, 2.05) is 0 Å². The summed E-state index contributed by atoms with van der Waals surface area (Å²) in [6.07, 6.45) is 0.864. The lowest BCUT2D eigenvalue weighted by atomic mass is 10.1. The molecule has 27 heavy (non-hydrogen) atoms. The Morgan fingerprint density at radius 1 is 1.30 bits per heavy atom. The summed E-state index contributed by atoms with van der Waals surface area (Å²) in [6.45, 7) is 1.28. The number of nitrogens with zero attached hydrogens (tertiary/aromatic N) is 2. The Morgan fingerprint density at radius 2 is 2.11 bits per heavy atom. The van der Waals surface area contributed by atoms with E-state index in [9.17, 15) is 4.79 Å². The number of nitrogens with one attached hydrogen (secondary N) is 1. The van der Waals surface area contributed by atoms with Gasteiger partial charge in [-0.3, -0.25) is 4.79 Å². The van der Waals surface area contributed by atoms with E-state index < -0.39 is 5.91 Å². The van der Waals surface area contributed by atoms with Crippen LogP contribution in [-0.4, -0.2) is 35.1 Å². The van der Waals surface area contributed by atoms with Crippen molar-refractivity contribution in [2.45, 2.75) is 12.5 Å². The van der Waals surface area contributed by atoms with Gasteiger partial charge in [0.05, 0.1) is 39.5 Å². The van der Waals surface area contributed by atoms with Crippen molar-refractivity contribution < 1.29 is 9.53 Å². The summed E-state index contributed by atoms with van der Waals surface area (Å²) in [5, 5.41) is 4.67. The number of fused-ring (bicyclic) bond motifs is 1. The Balaban J connectivity index is 1.91. The summed E-state index contributed by atoms with van der Waals surface area (Å²) in [4.78, 5) is 21.7. The highest BCUT2D eigenvalue weighted by atomic mass is 35.5. The minimum atomic E-state index is -0.603. The van der Waals surface area contributed by atoms with E-state index in [2.05, 4.69) is 15.3 Å². The highest BCUT2D eigenvalue weighted by Crippen LogP contribution is 2.40. The van der Waals surface area contributed by atoms with E-state index in [0.29, 0.717) is 50.7 Å². The zero-order valence-corrected chi connectivity index (χ0v) is 16.3. The number of carbonyl (C=O) groups excluding carboxylic acids is 1. The number of aromatic nitrogens is 2. The Hall–Kier alpha value is -2.13. The van der Waals surface area contributed by atoms with Gasteiger partial charge in [0.2, 0.25) is 5.95 Å². The van der Waals surface area contributed by atoms with Crippen LogP contribution >= 0.6 is 34.5 Å². The van der Waals surface area contributed by atoms with Gasteiger partial charge in [-0.25, -0.2) is 9.97 Å². The molecule has 1 amide bonds. The van der Waals surface area contributed by atoms with Crippen molar-refractivity contribution in [1.82, 2.24) is 9.97 Å². The number of benzene rings is 1. The van der Waals surface area contributed by atoms with E-state index >= 15 is 0 Å². The van der Waals surface area contributed by atoms with Gasteiger partial charge < -0.3 is 21.5 Å². The monoisotopic (exact) mass is 423 g/mol. The third kappa shape index (κ3) is 3.41. The summed E-state index contributed by atoms with van der Waals surface area (Å²) in [6, 6.07) is 5.30. The molecule has 4 rings (SSSR count). The highest BCUT2D eigenvalue weighted by Gasteiger charge is 2.23. The minimum absolute atomic E-state index is 0.122. The van der Waals surface area contributed by atoms with Crippen LogP contribution in [-0.2, 0) is 4.74 Å². The number of hydrogen-bond donors (Lipinski definition) is 3. The topological polar surface area (TPSA) is 116 Å². The lowest BCUT2D eigenvalue weighted by Crippen LogP contribution is -2.20. The standard InChI is InChI=1S/C17H15Cl2N5O2S/c18-9-2-1-7(5-10(9)19)13-11-12(20)14(15(21)25)27-16(11)24-17(23-13)22-8-3-4-26-6-8/h1-2,5,8H,3-4,6,20H2,(H2,21,25)(H,22,23,24). The summed E-state index contributed by atoms with van der Waals surface area (Å²) in [7, 11) is 0. The van der Waals surface area contributed by atoms with Crippen LogP contribution in [0.2, 0.25) is 10.0 Å². The number of anilines is 2. The number of halogens is 2. The number of nitrogen functional groups attached to an aromatic ring is 1. The molecule has 1 atom stereocenters. The zero-order valence-electron chi connectivity index (χ0n) is 14.0. The number of carbonyl (C=O) groups is 1. The number of nitrogens with two attached hydrogens (primary N) is 2. The molecule has 1 aromatic carbocycles. The molecule has 1 aliphatic heterocycles. The summed E-state index contributed by atoms with van der Waals surface area (Å²) in [5.41, 5.74) is 13.2. The molecule has 5 N–H and O–H groups in total. The van der Waals surface area contributed by atoms with Crippen molar-refractivity contribution in [3.05, 3.63) is 33.1 Å². The highest BCUT2D eigenvalue weighted by molar-refractivity contribution is 7.21. The van der Waals surface area contributed by atoms with Crippen LogP contribution in [0.15, 0.2) is 18.2 Å². The predicted molar refractivity (Wildman–Crippen MR) is 109 cm³/mol. The zero-order chi connectivity index (χ0) is 19.1. The fourth-order valence-corrected chi connectivity index (χ4v) is 4.20. The average Bonchev–Trinajstić information content (AvgIpc) is 3.25. The van der Waals surface area contributed by atoms with Crippen LogP contribution in [0.4, 0.5) is 11.6 Å². The van der Waals surface area contributed by atoms with Crippen LogP contribution < -0.4 is 16.8 Å². The van der Waals surface area contributed by atoms with Crippen LogP contribution in [0.25, 0.3) is 21.5 Å². The van der Waals surface area contributed by atoms with E-state index in [0.717, 1.165) is 17.8 Å². The quantitative estimate of drug-likeness (QED) is 0.590. The van der Waals surface area contributed by atoms with Gasteiger partial charge in [-0.1, -0.05) is 29.3 Å². The lowest BCUT2D eigenvalue weighted by Gasteiger charge is -2.13. The van der Waals surface area contributed by atoms with Crippen molar-refractivity contribution in [2.75, 3.05) is 24.3 Å². The minimum Gasteiger partial charge on any atom is -0.397 e. The molecule has 0 spiro atoms. The molecule has 2 aromatic heterocycles. The summed E-state index contributed by atoms with van der Waals surface area (Å²) in [5.74, 6) is -0.175. The van der Waals surface area contributed by atoms with Gasteiger partial charge >= 0.3 is 0 Å². The van der Waals surface area contributed by atoms with Gasteiger partial charge in [0.15, 0.2) is 0 Å². The SMILES string of the molecule is NC(=O)c1sc2nc(NC3CCOC3)nc(-c3ccc(Cl)c(Cl)c3)c2c1N. The van der Waals surface area contributed by atoms with Crippen LogP contribution in [0.1, 0.15) is 16.1 Å². The Bertz CT molecular complexity index is 1050. The number of ether oxygens (including phenoxy) is 1. The summed E-state index contributed by atoms with van der Waals surface area (Å²) < 4.78 is 5.39. The molecule has 140 valence electrons. The number of amides is 1. The molecule has 0 bridgehead atoms. The maximum Gasteiger partial charge on any atom is 0.260 e. The maximum atomic E-state index is 11.7. The molecule has 0 aliphatic carbocycles. The maximum absolute atomic E-state index is 11.7. The Kier molecular flexibility index (Phi) is 4.81. The normalized spacial score (nSPS) is 16.7. The first-order valence-electron chi connectivity index (χ1n) is 8.13. The molecule has 1 unspecified atom stereocenters. The Morgan fingerprint density at radius 3 is 2.78 bits per heavy atom. The van der Waals surface area contributed by atoms with Gasteiger partial charge in [0, 0.05) is 12.2 Å². The van der Waals surface area contributed by atoms with Gasteiger partial charge in [0.25, 0.3) is 5.91 Å². The first kappa shape index (κ1) is 18.2. The molecule has 1 fully saturated rings. The second kappa shape index (κ2) is 7.12. The second-order valence-electron chi connectivity index (χ2n) is 6.12. The third-order valence-electron chi connectivity index (χ3n) is 4.27. The van der Waals surface area contributed by atoms with E-state index in [-0.39, 0.29) is 16.6 Å². The average molecular weight is 424 g/mol. The van der Waals surface area contributed by atoms with Gasteiger partial charge in [-0.2, -0.15) is 0 Å². The molecule has 0 saturated carbocycles. The van der Waals surface area contributed by atoms with Crippen LogP contribution in [0, 0.1) is 0 Å². The first-order chi connectivity index (χ1) is 12.9. The molecule has 7 nitrogen and oxygen atoms in total. The van der Waals surface area contributed by atoms with Crippen LogP contribution in [0.5, 0.6) is 0 Å². The van der Waals surface area contributed by atoms with E-state index in [1.165, 1.54) is 0 Å². The predicted octanol–water partition coefficient (Wildman–Crippen LogP) is 3.55. The number of rotatable bonds is 4. The molecular weight excluding hydrogens is 409 g/mol. The summed E-state index contributed by atoms with van der Waals surface area (Å²) >= 11 is 13.3. The molecule has 3 aromatic rings. The van der Waals surface area contributed by atoms with Gasteiger partial charge in [-0.15, -0.1) is 11.3 Å². The number of primary amides is 1. The molecule has 10 heteroatoms. The van der Waals surface area contributed by atoms with Crippen LogP contribution in [0.3, 0.4) is 0 Å². The number of hydrogen-bond acceptors (Lipinski definition) is 7. The molecule has 0 radical (unpaired) electrons. The van der Waals surface area contributed by atoms with Gasteiger partial charge in [-0.05, 0) is 18.6 Å². The molecule has 1 saturated heterocycles.